The number of para-hydroxylation sites is 1. The van der Waals surface area contributed by atoms with Gasteiger partial charge >= 0.3 is 6.03 Å². The highest BCUT2D eigenvalue weighted by Gasteiger charge is 2.24. The number of rotatable bonds is 10. The molecule has 0 atom stereocenters. The average molecular weight is 572 g/mol. The van der Waals surface area contributed by atoms with Gasteiger partial charge in [0.15, 0.2) is 0 Å². The number of hydrogen-bond donors (Lipinski definition) is 3. The third kappa shape index (κ3) is 7.79. The molecule has 10 heteroatoms. The first kappa shape index (κ1) is 30.4. The Labute approximate surface area is 247 Å². The number of urea groups is 1. The second-order valence-corrected chi connectivity index (χ2v) is 10.7. The molecule has 1 aromatic heterocycles. The summed E-state index contributed by atoms with van der Waals surface area (Å²) in [5, 5.41) is 10.8. The van der Waals surface area contributed by atoms with Crippen LogP contribution in [-0.4, -0.2) is 52.9 Å². The van der Waals surface area contributed by atoms with E-state index < -0.39 is 0 Å². The highest BCUT2D eigenvalue weighted by molar-refractivity contribution is 5.90. The summed E-state index contributed by atoms with van der Waals surface area (Å²) >= 11 is 0. The lowest BCUT2D eigenvalue weighted by Crippen LogP contribution is -2.35. The van der Waals surface area contributed by atoms with Gasteiger partial charge in [-0.05, 0) is 37.7 Å². The first-order valence-corrected chi connectivity index (χ1v) is 14.2. The van der Waals surface area contributed by atoms with E-state index in [0.717, 1.165) is 28.9 Å². The number of carbonyl (C=O) groups is 1. The average Bonchev–Trinajstić information content (AvgIpc) is 3.42. The van der Waals surface area contributed by atoms with Crippen LogP contribution in [0.4, 0.5) is 10.6 Å². The second kappa shape index (κ2) is 13.9. The monoisotopic (exact) mass is 571 g/mol. The summed E-state index contributed by atoms with van der Waals surface area (Å²) in [6, 6.07) is 17.0. The van der Waals surface area contributed by atoms with Crippen molar-refractivity contribution in [3.63, 3.8) is 0 Å². The zero-order chi connectivity index (χ0) is 30.1. The van der Waals surface area contributed by atoms with Crippen molar-refractivity contribution in [2.75, 3.05) is 31.6 Å². The Hall–Kier alpha value is -4.57. The molecule has 2 amide bonds. The summed E-state index contributed by atoms with van der Waals surface area (Å²) < 4.78 is 13.3. The number of benzene rings is 2. The standard InChI is InChI=1S/C32H41N7O3/c1-6-32(4,5)28-21-29(39(37-28)26-13-11-23(2)12-14-26)36-31(40)34-22-25-9-7-8-10-27(25)42-30(15-16-33)35-24(3)38-17-19-41-20-18-38/h7-16,21H,3,6,17-20,22,33H2,1-2,4-5H3,(H2,34,36,40)/b16-15-,35-30?. The lowest BCUT2D eigenvalue weighted by molar-refractivity contribution is 0.0533. The number of aryl methyl sites for hydroxylation is 1. The van der Waals surface area contributed by atoms with Gasteiger partial charge in [0, 0.05) is 42.8 Å². The van der Waals surface area contributed by atoms with Gasteiger partial charge in [-0.2, -0.15) is 10.1 Å². The highest BCUT2D eigenvalue weighted by atomic mass is 16.5. The van der Waals surface area contributed by atoms with E-state index in [0.29, 0.717) is 49.6 Å². The molecule has 4 rings (SSSR count). The maximum absolute atomic E-state index is 13.1. The topological polar surface area (TPSA) is 119 Å². The van der Waals surface area contributed by atoms with Crippen molar-refractivity contribution in [3.05, 3.63) is 96.1 Å². The zero-order valence-electron chi connectivity index (χ0n) is 24.9. The number of amides is 2. The van der Waals surface area contributed by atoms with E-state index in [1.54, 1.807) is 10.8 Å². The third-order valence-electron chi connectivity index (χ3n) is 7.29. The first-order valence-electron chi connectivity index (χ1n) is 14.2. The predicted octanol–water partition coefficient (Wildman–Crippen LogP) is 5.24. The number of nitrogens with one attached hydrogen (secondary N) is 2. The van der Waals surface area contributed by atoms with Crippen molar-refractivity contribution < 1.29 is 14.3 Å². The highest BCUT2D eigenvalue weighted by Crippen LogP contribution is 2.29. The molecule has 1 aliphatic rings. The van der Waals surface area contributed by atoms with Crippen LogP contribution in [0, 0.1) is 6.92 Å². The van der Waals surface area contributed by atoms with Gasteiger partial charge in [0.2, 0.25) is 5.90 Å². The van der Waals surface area contributed by atoms with E-state index in [-0.39, 0.29) is 18.0 Å². The van der Waals surface area contributed by atoms with Crippen molar-refractivity contribution in [1.29, 1.82) is 0 Å². The Bertz CT molecular complexity index is 1430. The molecule has 4 N–H and O–H groups in total. The maximum atomic E-state index is 13.1. The van der Waals surface area contributed by atoms with Crippen LogP contribution in [-0.2, 0) is 16.7 Å². The molecule has 3 aromatic rings. The van der Waals surface area contributed by atoms with E-state index in [4.69, 9.17) is 20.3 Å². The fourth-order valence-electron chi connectivity index (χ4n) is 4.26. The molecule has 0 unspecified atom stereocenters. The van der Waals surface area contributed by atoms with Crippen molar-refractivity contribution in [3.8, 4) is 11.4 Å². The van der Waals surface area contributed by atoms with Gasteiger partial charge in [0.05, 0.1) is 24.6 Å². The Kier molecular flexibility index (Phi) is 10.0. The van der Waals surface area contributed by atoms with E-state index in [9.17, 15) is 4.79 Å². The van der Waals surface area contributed by atoms with Crippen molar-refractivity contribution in [2.24, 2.45) is 10.7 Å². The fourth-order valence-corrected chi connectivity index (χ4v) is 4.26. The number of nitrogens with zero attached hydrogens (tertiary/aromatic N) is 4. The van der Waals surface area contributed by atoms with Gasteiger partial charge in [0.1, 0.15) is 17.4 Å². The van der Waals surface area contributed by atoms with Gasteiger partial charge < -0.3 is 25.4 Å². The summed E-state index contributed by atoms with van der Waals surface area (Å²) in [4.78, 5) is 19.7. The van der Waals surface area contributed by atoms with Crippen LogP contribution in [0.1, 0.15) is 44.0 Å². The number of nitrogens with two attached hydrogens (primary N) is 1. The van der Waals surface area contributed by atoms with Gasteiger partial charge in [0.25, 0.3) is 0 Å². The number of hydrogen-bond acceptors (Lipinski definition) is 7. The smallest absolute Gasteiger partial charge is 0.320 e. The van der Waals surface area contributed by atoms with Gasteiger partial charge in [-0.15, -0.1) is 0 Å². The number of aliphatic imine (C=N–C) groups is 1. The van der Waals surface area contributed by atoms with E-state index in [1.807, 2.05) is 66.4 Å². The Morgan fingerprint density at radius 2 is 1.90 bits per heavy atom. The van der Waals surface area contributed by atoms with Gasteiger partial charge in [-0.1, -0.05) is 63.2 Å². The molecule has 0 saturated carbocycles. The zero-order valence-corrected chi connectivity index (χ0v) is 24.9. The van der Waals surface area contributed by atoms with E-state index in [1.165, 1.54) is 6.20 Å². The molecular weight excluding hydrogens is 530 g/mol. The number of carbonyl (C=O) groups excluding carboxylic acids is 1. The second-order valence-electron chi connectivity index (χ2n) is 10.7. The molecule has 0 radical (unpaired) electrons. The minimum Gasteiger partial charge on any atom is -0.439 e. The van der Waals surface area contributed by atoms with Crippen molar-refractivity contribution >= 4 is 17.7 Å². The van der Waals surface area contributed by atoms with Crippen LogP contribution in [0.2, 0.25) is 0 Å². The van der Waals surface area contributed by atoms with Crippen LogP contribution in [0.25, 0.3) is 5.69 Å². The lowest BCUT2D eigenvalue weighted by atomic mass is 9.87. The summed E-state index contributed by atoms with van der Waals surface area (Å²) in [7, 11) is 0. The molecule has 10 nitrogen and oxygen atoms in total. The van der Waals surface area contributed by atoms with Crippen LogP contribution < -0.4 is 21.1 Å². The number of anilines is 1. The minimum absolute atomic E-state index is 0.149. The first-order chi connectivity index (χ1) is 20.2. The molecule has 1 aliphatic heterocycles. The fraction of sp³-hybridized carbons (Fsp3) is 0.344. The summed E-state index contributed by atoms with van der Waals surface area (Å²) in [5.41, 5.74) is 9.20. The molecule has 222 valence electrons. The molecule has 42 heavy (non-hydrogen) atoms. The molecular formula is C32H41N7O3. The van der Waals surface area contributed by atoms with Crippen LogP contribution >= 0.6 is 0 Å². The summed E-state index contributed by atoms with van der Waals surface area (Å²) in [5.74, 6) is 1.99. The Balaban J connectivity index is 1.48. The van der Waals surface area contributed by atoms with Crippen LogP contribution in [0.3, 0.4) is 0 Å². The molecule has 0 aliphatic carbocycles. The summed E-state index contributed by atoms with van der Waals surface area (Å²) in [6.07, 6.45) is 3.85. The minimum atomic E-state index is -0.365. The van der Waals surface area contributed by atoms with E-state index in [2.05, 4.69) is 43.0 Å². The Morgan fingerprint density at radius 3 is 2.60 bits per heavy atom. The van der Waals surface area contributed by atoms with Gasteiger partial charge in [-0.25, -0.2) is 9.48 Å². The summed E-state index contributed by atoms with van der Waals surface area (Å²) in [6.45, 7) is 15.4. The van der Waals surface area contributed by atoms with Crippen molar-refractivity contribution in [2.45, 2.75) is 46.1 Å². The van der Waals surface area contributed by atoms with Crippen LogP contribution in [0.15, 0.2) is 84.3 Å². The normalized spacial score (nSPS) is 14.2. The van der Waals surface area contributed by atoms with E-state index >= 15 is 0 Å². The number of ether oxygens (including phenoxy) is 2. The van der Waals surface area contributed by atoms with Gasteiger partial charge in [-0.3, -0.25) is 5.32 Å². The maximum Gasteiger partial charge on any atom is 0.320 e. The number of morpholine rings is 1. The number of aromatic nitrogens is 2. The third-order valence-corrected chi connectivity index (χ3v) is 7.29. The molecule has 2 aromatic carbocycles. The largest absolute Gasteiger partial charge is 0.439 e. The molecule has 0 bridgehead atoms. The SMILES string of the molecule is C=C(N=C(/C=C\N)Oc1ccccc1CNC(=O)Nc1cc(C(C)(C)CC)nn1-c1ccc(C)cc1)N1CCOCC1. The Morgan fingerprint density at radius 1 is 1.19 bits per heavy atom. The molecule has 1 saturated heterocycles. The molecule has 2 heterocycles. The molecule has 0 spiro atoms. The van der Waals surface area contributed by atoms with Crippen LogP contribution in [0.5, 0.6) is 5.75 Å². The van der Waals surface area contributed by atoms with Crippen molar-refractivity contribution in [1.82, 2.24) is 20.0 Å². The quantitative estimate of drug-likeness (QED) is 0.226. The predicted molar refractivity (Wildman–Crippen MR) is 167 cm³/mol. The lowest BCUT2D eigenvalue weighted by Gasteiger charge is -2.28. The molecule has 1 fully saturated rings.